The van der Waals surface area contributed by atoms with Crippen LogP contribution in [0.2, 0.25) is 0 Å². The van der Waals surface area contributed by atoms with E-state index in [2.05, 4.69) is 4.98 Å². The highest BCUT2D eigenvalue weighted by Crippen LogP contribution is 2.37. The first kappa shape index (κ1) is 16.0. The van der Waals surface area contributed by atoms with E-state index < -0.39 is 0 Å². The van der Waals surface area contributed by atoms with E-state index in [0.29, 0.717) is 24.0 Å². The van der Waals surface area contributed by atoms with Gasteiger partial charge in [0.1, 0.15) is 23.9 Å². The number of carbonyl (C=O) groups excluding carboxylic acids is 1. The fraction of sp³-hybridized carbons (Fsp3) is 0.368. The quantitative estimate of drug-likeness (QED) is 0.836. The van der Waals surface area contributed by atoms with Crippen molar-refractivity contribution in [3.05, 3.63) is 54.1 Å². The van der Waals surface area contributed by atoms with Crippen molar-refractivity contribution in [2.75, 3.05) is 19.8 Å². The molecule has 0 spiro atoms. The van der Waals surface area contributed by atoms with Crippen molar-refractivity contribution >= 4 is 5.91 Å². The van der Waals surface area contributed by atoms with E-state index in [9.17, 15) is 9.18 Å². The third-order valence-electron chi connectivity index (χ3n) is 4.54. The molecular weight excluding hydrogens is 323 g/mol. The van der Waals surface area contributed by atoms with Crippen LogP contribution < -0.4 is 4.74 Å². The molecule has 25 heavy (non-hydrogen) atoms. The van der Waals surface area contributed by atoms with Crippen LogP contribution >= 0.6 is 0 Å². The van der Waals surface area contributed by atoms with E-state index in [1.54, 1.807) is 30.6 Å². The molecule has 1 saturated carbocycles. The number of amides is 1. The Hall–Kier alpha value is -2.47. The highest BCUT2D eigenvalue weighted by molar-refractivity contribution is 5.78. The van der Waals surface area contributed by atoms with Crippen LogP contribution in [0.4, 0.5) is 4.39 Å². The molecule has 1 aliphatic carbocycles. The Kier molecular flexibility index (Phi) is 4.36. The molecule has 2 heterocycles. The molecule has 2 aliphatic rings. The van der Waals surface area contributed by atoms with Crippen LogP contribution in [0.5, 0.6) is 11.5 Å². The van der Waals surface area contributed by atoms with Gasteiger partial charge < -0.3 is 14.4 Å². The predicted octanol–water partition coefficient (Wildman–Crippen LogP) is 3.32. The Morgan fingerprint density at radius 1 is 1.32 bits per heavy atom. The topological polar surface area (TPSA) is 51.7 Å². The summed E-state index contributed by atoms with van der Waals surface area (Å²) in [6.07, 6.45) is 5.64. The molecule has 2 fully saturated rings. The molecule has 1 unspecified atom stereocenters. The van der Waals surface area contributed by atoms with Gasteiger partial charge in [-0.05, 0) is 37.0 Å². The minimum atomic E-state index is -0.361. The van der Waals surface area contributed by atoms with Crippen molar-refractivity contribution in [3.63, 3.8) is 0 Å². The minimum Gasteiger partial charge on any atom is -0.457 e. The first-order valence-corrected chi connectivity index (χ1v) is 8.45. The van der Waals surface area contributed by atoms with Crippen LogP contribution in [0.1, 0.15) is 24.4 Å². The summed E-state index contributed by atoms with van der Waals surface area (Å²) in [5.74, 6) is 1.17. The Labute approximate surface area is 145 Å². The molecule has 1 aliphatic heterocycles. The third-order valence-corrected chi connectivity index (χ3v) is 4.54. The Bertz CT molecular complexity index is 779. The average Bonchev–Trinajstić information content (AvgIpc) is 3.42. The fourth-order valence-corrected chi connectivity index (χ4v) is 3.06. The van der Waals surface area contributed by atoms with Crippen LogP contribution in [-0.4, -0.2) is 35.5 Å². The molecule has 0 radical (unpaired) electrons. The molecule has 1 aromatic heterocycles. The summed E-state index contributed by atoms with van der Waals surface area (Å²) in [5, 5.41) is 0. The standard InChI is InChI=1S/C19H19FN2O3/c20-14-2-1-3-15(8-14)25-18-6-7-21-9-16(18)17-11-24-12-19(23)22(17)10-13-4-5-13/h1-3,6-9,13,17H,4-5,10-12H2. The highest BCUT2D eigenvalue weighted by atomic mass is 19.1. The van der Waals surface area contributed by atoms with Crippen molar-refractivity contribution in [1.29, 1.82) is 0 Å². The molecule has 1 atom stereocenters. The molecule has 130 valence electrons. The van der Waals surface area contributed by atoms with Crippen molar-refractivity contribution in [2.24, 2.45) is 5.92 Å². The van der Waals surface area contributed by atoms with Crippen molar-refractivity contribution in [2.45, 2.75) is 18.9 Å². The summed E-state index contributed by atoms with van der Waals surface area (Å²) < 4.78 is 24.8. The normalized spacial score (nSPS) is 20.6. The molecule has 1 amide bonds. The lowest BCUT2D eigenvalue weighted by molar-refractivity contribution is -0.148. The van der Waals surface area contributed by atoms with Crippen LogP contribution in [0.25, 0.3) is 0 Å². The summed E-state index contributed by atoms with van der Waals surface area (Å²) in [4.78, 5) is 18.4. The lowest BCUT2D eigenvalue weighted by atomic mass is 10.1. The van der Waals surface area contributed by atoms with Gasteiger partial charge in [0.25, 0.3) is 0 Å². The molecule has 4 rings (SSSR count). The smallest absolute Gasteiger partial charge is 0.249 e. The van der Waals surface area contributed by atoms with E-state index in [1.165, 1.54) is 12.1 Å². The molecular formula is C19H19FN2O3. The van der Waals surface area contributed by atoms with Gasteiger partial charge in [-0.1, -0.05) is 6.07 Å². The summed E-state index contributed by atoms with van der Waals surface area (Å²) in [6, 6.07) is 7.48. The van der Waals surface area contributed by atoms with Crippen molar-refractivity contribution in [3.8, 4) is 11.5 Å². The van der Waals surface area contributed by atoms with Gasteiger partial charge in [0.05, 0.1) is 12.6 Å². The van der Waals surface area contributed by atoms with Crippen LogP contribution in [-0.2, 0) is 9.53 Å². The summed E-state index contributed by atoms with van der Waals surface area (Å²) in [6.45, 7) is 1.26. The second-order valence-electron chi connectivity index (χ2n) is 6.49. The monoisotopic (exact) mass is 342 g/mol. The second-order valence-corrected chi connectivity index (χ2v) is 6.49. The van der Waals surface area contributed by atoms with Crippen LogP contribution in [0.3, 0.4) is 0 Å². The Morgan fingerprint density at radius 2 is 2.20 bits per heavy atom. The maximum atomic E-state index is 13.4. The van der Waals surface area contributed by atoms with Gasteiger partial charge in [-0.3, -0.25) is 9.78 Å². The minimum absolute atomic E-state index is 0.0105. The highest BCUT2D eigenvalue weighted by Gasteiger charge is 2.36. The van der Waals surface area contributed by atoms with Crippen LogP contribution in [0.15, 0.2) is 42.7 Å². The summed E-state index contributed by atoms with van der Waals surface area (Å²) >= 11 is 0. The first-order chi connectivity index (χ1) is 12.2. The number of hydrogen-bond donors (Lipinski definition) is 0. The number of rotatable bonds is 5. The lowest BCUT2D eigenvalue weighted by Gasteiger charge is -2.36. The Morgan fingerprint density at radius 3 is 3.00 bits per heavy atom. The maximum absolute atomic E-state index is 13.4. The van der Waals surface area contributed by atoms with E-state index in [4.69, 9.17) is 9.47 Å². The predicted molar refractivity (Wildman–Crippen MR) is 88.7 cm³/mol. The van der Waals surface area contributed by atoms with Gasteiger partial charge in [0, 0.05) is 30.6 Å². The number of carbonyl (C=O) groups is 1. The number of ether oxygens (including phenoxy) is 2. The molecule has 5 nitrogen and oxygen atoms in total. The lowest BCUT2D eigenvalue weighted by Crippen LogP contribution is -2.45. The number of halogens is 1. The average molecular weight is 342 g/mol. The summed E-state index contributed by atoms with van der Waals surface area (Å²) in [5.41, 5.74) is 0.778. The number of hydrogen-bond acceptors (Lipinski definition) is 4. The molecule has 2 aromatic rings. The van der Waals surface area contributed by atoms with Crippen molar-refractivity contribution in [1.82, 2.24) is 9.88 Å². The third kappa shape index (κ3) is 3.64. The van der Waals surface area contributed by atoms with E-state index >= 15 is 0 Å². The van der Waals surface area contributed by atoms with Gasteiger partial charge >= 0.3 is 0 Å². The van der Waals surface area contributed by atoms with Gasteiger partial charge in [-0.25, -0.2) is 4.39 Å². The Balaban J connectivity index is 1.63. The fourth-order valence-electron chi connectivity index (χ4n) is 3.06. The van der Waals surface area contributed by atoms with E-state index in [0.717, 1.165) is 24.9 Å². The van der Waals surface area contributed by atoms with Gasteiger partial charge in [-0.2, -0.15) is 0 Å². The zero-order valence-electron chi connectivity index (χ0n) is 13.7. The zero-order valence-corrected chi connectivity index (χ0v) is 13.7. The molecule has 1 aromatic carbocycles. The van der Waals surface area contributed by atoms with Crippen molar-refractivity contribution < 1.29 is 18.7 Å². The molecule has 0 N–H and O–H groups in total. The second kappa shape index (κ2) is 6.80. The van der Waals surface area contributed by atoms with Gasteiger partial charge in [-0.15, -0.1) is 0 Å². The summed E-state index contributed by atoms with van der Waals surface area (Å²) in [7, 11) is 0. The largest absolute Gasteiger partial charge is 0.457 e. The molecule has 6 heteroatoms. The number of nitrogens with zero attached hydrogens (tertiary/aromatic N) is 2. The van der Waals surface area contributed by atoms with Gasteiger partial charge in [0.15, 0.2) is 0 Å². The number of aromatic nitrogens is 1. The SMILES string of the molecule is O=C1COCC(c2cnccc2Oc2cccc(F)c2)N1CC1CC1. The van der Waals surface area contributed by atoms with Gasteiger partial charge in [0.2, 0.25) is 5.91 Å². The molecule has 1 saturated heterocycles. The number of pyridine rings is 1. The molecule has 0 bridgehead atoms. The zero-order chi connectivity index (χ0) is 17.2. The number of benzene rings is 1. The van der Waals surface area contributed by atoms with E-state index in [1.807, 2.05) is 4.90 Å². The van der Waals surface area contributed by atoms with Crippen LogP contribution in [0, 0.1) is 11.7 Å². The van der Waals surface area contributed by atoms with E-state index in [-0.39, 0.29) is 24.4 Å². The maximum Gasteiger partial charge on any atom is 0.249 e. The number of morpholine rings is 1. The first-order valence-electron chi connectivity index (χ1n) is 8.45.